The Kier molecular flexibility index (Phi) is 6.42. The van der Waals surface area contributed by atoms with E-state index >= 15 is 0 Å². The van der Waals surface area contributed by atoms with Crippen LogP contribution >= 0.6 is 11.3 Å². The summed E-state index contributed by atoms with van der Waals surface area (Å²) in [7, 11) is 0. The van der Waals surface area contributed by atoms with E-state index in [4.69, 9.17) is 9.72 Å². The Hall–Kier alpha value is -2.86. The molecular formula is C23H25N3O2S. The molecule has 150 valence electrons. The molecule has 0 saturated heterocycles. The molecule has 3 aromatic rings. The van der Waals surface area contributed by atoms with Crippen molar-refractivity contribution < 1.29 is 9.53 Å². The van der Waals surface area contributed by atoms with Crippen molar-refractivity contribution in [1.29, 1.82) is 0 Å². The molecule has 1 aliphatic carbocycles. The molecule has 1 aliphatic rings. The lowest BCUT2D eigenvalue weighted by Crippen LogP contribution is -2.22. The first-order valence-corrected chi connectivity index (χ1v) is 10.9. The van der Waals surface area contributed by atoms with Crippen molar-refractivity contribution in [2.24, 2.45) is 0 Å². The van der Waals surface area contributed by atoms with Gasteiger partial charge in [-0.05, 0) is 37.1 Å². The maximum absolute atomic E-state index is 12.9. The number of carbonyl (C=O) groups excluding carboxylic acids is 1. The Bertz CT molecular complexity index is 922. The van der Waals surface area contributed by atoms with Gasteiger partial charge in [0.15, 0.2) is 5.13 Å². The number of hydrogen-bond acceptors (Lipinski definition) is 5. The molecule has 1 fully saturated rings. The number of hydrogen-bond donors (Lipinski definition) is 2. The topological polar surface area (TPSA) is 63.2 Å². The van der Waals surface area contributed by atoms with Gasteiger partial charge in [0.05, 0.1) is 0 Å². The van der Waals surface area contributed by atoms with Gasteiger partial charge in [-0.3, -0.25) is 4.79 Å². The average molecular weight is 408 g/mol. The second-order valence-electron chi connectivity index (χ2n) is 7.20. The zero-order valence-corrected chi connectivity index (χ0v) is 17.1. The molecule has 4 rings (SSSR count). The van der Waals surface area contributed by atoms with Gasteiger partial charge in [-0.25, -0.2) is 4.98 Å². The Morgan fingerprint density at radius 2 is 1.69 bits per heavy atom. The summed E-state index contributed by atoms with van der Waals surface area (Å²) in [5, 5.41) is 7.29. The van der Waals surface area contributed by atoms with Crippen LogP contribution in [-0.2, 0) is 6.61 Å². The third-order valence-electron chi connectivity index (χ3n) is 4.99. The highest BCUT2D eigenvalue weighted by Gasteiger charge is 2.21. The smallest absolute Gasteiger partial charge is 0.267 e. The number of benzene rings is 2. The molecule has 2 aromatic carbocycles. The molecule has 0 spiro atoms. The first-order valence-electron chi connectivity index (χ1n) is 10.1. The van der Waals surface area contributed by atoms with Gasteiger partial charge in [-0.1, -0.05) is 67.0 Å². The van der Waals surface area contributed by atoms with Crippen molar-refractivity contribution in [3.8, 4) is 5.75 Å². The van der Waals surface area contributed by atoms with Crippen LogP contribution in [0.15, 0.2) is 60.7 Å². The summed E-state index contributed by atoms with van der Waals surface area (Å²) in [6, 6.07) is 19.5. The van der Waals surface area contributed by atoms with Gasteiger partial charge in [0, 0.05) is 11.7 Å². The molecule has 2 N–H and O–H groups in total. The maximum Gasteiger partial charge on any atom is 0.267 e. The van der Waals surface area contributed by atoms with Crippen LogP contribution in [0.2, 0.25) is 0 Å². The maximum atomic E-state index is 12.9. The molecule has 0 radical (unpaired) electrons. The van der Waals surface area contributed by atoms with Gasteiger partial charge < -0.3 is 15.4 Å². The minimum Gasteiger partial charge on any atom is -0.487 e. The quantitative estimate of drug-likeness (QED) is 0.526. The third-order valence-corrected chi connectivity index (χ3v) is 6.01. The van der Waals surface area contributed by atoms with Gasteiger partial charge in [-0.15, -0.1) is 0 Å². The van der Waals surface area contributed by atoms with Crippen LogP contribution in [-0.4, -0.2) is 16.9 Å². The monoisotopic (exact) mass is 407 g/mol. The first-order chi connectivity index (χ1) is 14.3. The molecule has 5 nitrogen and oxygen atoms in total. The van der Waals surface area contributed by atoms with Crippen molar-refractivity contribution in [3.63, 3.8) is 0 Å². The van der Waals surface area contributed by atoms with E-state index in [1.165, 1.54) is 30.6 Å². The number of ether oxygens (including phenoxy) is 1. The molecule has 29 heavy (non-hydrogen) atoms. The normalized spacial score (nSPS) is 14.3. The lowest BCUT2D eigenvalue weighted by atomic mass is 9.96. The summed E-state index contributed by atoms with van der Waals surface area (Å²) < 4.78 is 5.87. The summed E-state index contributed by atoms with van der Waals surface area (Å²) in [4.78, 5) is 18.2. The van der Waals surface area contributed by atoms with Crippen LogP contribution in [0.25, 0.3) is 0 Å². The van der Waals surface area contributed by atoms with Crippen molar-refractivity contribution >= 4 is 28.1 Å². The summed E-state index contributed by atoms with van der Waals surface area (Å²) in [6.45, 7) is 0.254. The van der Waals surface area contributed by atoms with E-state index in [0.29, 0.717) is 16.6 Å². The average Bonchev–Trinajstić information content (AvgIpc) is 3.17. The van der Waals surface area contributed by atoms with E-state index in [-0.39, 0.29) is 12.5 Å². The Morgan fingerprint density at radius 3 is 2.41 bits per heavy atom. The van der Waals surface area contributed by atoms with Crippen molar-refractivity contribution in [1.82, 2.24) is 4.98 Å². The molecule has 0 bridgehead atoms. The molecule has 6 heteroatoms. The predicted octanol–water partition coefficient (Wildman–Crippen LogP) is 5.72. The molecule has 1 heterocycles. The van der Waals surface area contributed by atoms with Gasteiger partial charge in [-0.2, -0.15) is 0 Å². The molecule has 1 amide bonds. The SMILES string of the molecule is O=C(Nc1ccccc1)c1sc(NC2CCCCC2)nc1COc1ccccc1. The highest BCUT2D eigenvalue weighted by atomic mass is 32.1. The van der Waals surface area contributed by atoms with E-state index in [0.717, 1.165) is 29.4 Å². The van der Waals surface area contributed by atoms with Gasteiger partial charge in [0.2, 0.25) is 0 Å². The lowest BCUT2D eigenvalue weighted by molar-refractivity contribution is 0.102. The van der Waals surface area contributed by atoms with Gasteiger partial charge >= 0.3 is 0 Å². The van der Waals surface area contributed by atoms with Gasteiger partial charge in [0.1, 0.15) is 22.9 Å². The minimum atomic E-state index is -0.156. The molecule has 0 atom stereocenters. The molecule has 0 aliphatic heterocycles. The Labute approximate surface area is 175 Å². The van der Waals surface area contributed by atoms with E-state index in [1.807, 2.05) is 60.7 Å². The van der Waals surface area contributed by atoms with Crippen LogP contribution in [0.4, 0.5) is 10.8 Å². The first kappa shape index (κ1) is 19.5. The third kappa shape index (κ3) is 5.35. The number of para-hydroxylation sites is 2. The van der Waals surface area contributed by atoms with E-state index < -0.39 is 0 Å². The van der Waals surface area contributed by atoms with Crippen molar-refractivity contribution in [2.45, 2.75) is 44.8 Å². The summed E-state index contributed by atoms with van der Waals surface area (Å²) in [5.74, 6) is 0.605. The zero-order chi connectivity index (χ0) is 19.9. The highest BCUT2D eigenvalue weighted by molar-refractivity contribution is 7.17. The summed E-state index contributed by atoms with van der Waals surface area (Å²) in [6.07, 6.45) is 6.10. The fraction of sp³-hybridized carbons (Fsp3) is 0.304. The van der Waals surface area contributed by atoms with Crippen LogP contribution in [0.1, 0.15) is 47.5 Å². The van der Waals surface area contributed by atoms with E-state index in [1.54, 1.807) is 0 Å². The predicted molar refractivity (Wildman–Crippen MR) is 118 cm³/mol. The number of anilines is 2. The number of nitrogens with one attached hydrogen (secondary N) is 2. The second-order valence-corrected chi connectivity index (χ2v) is 8.20. The summed E-state index contributed by atoms with van der Waals surface area (Å²) in [5.41, 5.74) is 1.42. The fourth-order valence-corrected chi connectivity index (χ4v) is 4.43. The van der Waals surface area contributed by atoms with Crippen LogP contribution in [0.5, 0.6) is 5.75 Å². The molecule has 1 aromatic heterocycles. The van der Waals surface area contributed by atoms with E-state index in [2.05, 4.69) is 10.6 Å². The highest BCUT2D eigenvalue weighted by Crippen LogP contribution is 2.29. The molecular weight excluding hydrogens is 382 g/mol. The second kappa shape index (κ2) is 9.56. The number of carbonyl (C=O) groups is 1. The Balaban J connectivity index is 1.52. The zero-order valence-electron chi connectivity index (χ0n) is 16.3. The standard InChI is InChI=1S/C23H25N3O2S/c27-22(24-17-10-4-1-5-11-17)21-20(16-28-19-14-8-3-9-15-19)26-23(29-21)25-18-12-6-2-7-13-18/h1,3-5,8-11,14-15,18H,2,6-7,12-13,16H2,(H,24,27)(H,25,26). The fourth-order valence-electron chi connectivity index (χ4n) is 3.49. The van der Waals surface area contributed by atoms with Crippen LogP contribution < -0.4 is 15.4 Å². The molecule has 0 unspecified atom stereocenters. The molecule has 1 saturated carbocycles. The number of amides is 1. The summed E-state index contributed by atoms with van der Waals surface area (Å²) >= 11 is 1.40. The minimum absolute atomic E-state index is 0.156. The number of aromatic nitrogens is 1. The number of thiazole rings is 1. The van der Waals surface area contributed by atoms with E-state index in [9.17, 15) is 4.79 Å². The lowest BCUT2D eigenvalue weighted by Gasteiger charge is -2.22. The number of rotatable bonds is 7. The Morgan fingerprint density at radius 1 is 1.00 bits per heavy atom. The van der Waals surface area contributed by atoms with Crippen molar-refractivity contribution in [3.05, 3.63) is 71.2 Å². The van der Waals surface area contributed by atoms with Crippen LogP contribution in [0.3, 0.4) is 0 Å². The van der Waals surface area contributed by atoms with Crippen molar-refractivity contribution in [2.75, 3.05) is 10.6 Å². The van der Waals surface area contributed by atoms with Gasteiger partial charge in [0.25, 0.3) is 5.91 Å². The number of nitrogens with zero attached hydrogens (tertiary/aromatic N) is 1. The van der Waals surface area contributed by atoms with Crippen LogP contribution in [0, 0.1) is 0 Å². The largest absolute Gasteiger partial charge is 0.487 e.